The Hall–Kier alpha value is -4.49. The van der Waals surface area contributed by atoms with Crippen LogP contribution in [0.2, 0.25) is 0 Å². The molecule has 0 spiro atoms. The van der Waals surface area contributed by atoms with Gasteiger partial charge in [-0.3, -0.25) is 4.79 Å². The second kappa shape index (κ2) is 8.94. The number of nitrogens with one attached hydrogen (secondary N) is 1. The molecule has 0 unspecified atom stereocenters. The summed E-state index contributed by atoms with van der Waals surface area (Å²) in [7, 11) is 0. The van der Waals surface area contributed by atoms with Crippen LogP contribution in [0.3, 0.4) is 0 Å². The number of benzene rings is 4. The van der Waals surface area contributed by atoms with Crippen molar-refractivity contribution >= 4 is 49.6 Å². The molecule has 6 nitrogen and oxygen atoms in total. The number of carbonyl (C=O) groups is 1. The van der Waals surface area contributed by atoms with Crippen LogP contribution < -0.4 is 10.9 Å². The molecule has 7 heteroatoms. The minimum atomic E-state index is -0.422. The van der Waals surface area contributed by atoms with Crippen molar-refractivity contribution in [1.29, 1.82) is 0 Å². The number of anilines is 1. The Morgan fingerprint density at radius 2 is 1.53 bits per heavy atom. The van der Waals surface area contributed by atoms with E-state index < -0.39 is 5.63 Å². The molecule has 1 N–H and O–H groups in total. The first kappa shape index (κ1) is 22.0. The molecule has 0 aliphatic rings. The van der Waals surface area contributed by atoms with E-state index in [1.807, 2.05) is 42.5 Å². The number of amides is 1. The molecule has 6 rings (SSSR count). The summed E-state index contributed by atoms with van der Waals surface area (Å²) in [5.74, 6) is 0.234. The van der Waals surface area contributed by atoms with Crippen molar-refractivity contribution in [1.82, 2.24) is 4.98 Å². The van der Waals surface area contributed by atoms with E-state index in [2.05, 4.69) is 26.2 Å². The highest BCUT2D eigenvalue weighted by atomic mass is 79.9. The summed E-state index contributed by atoms with van der Waals surface area (Å²) in [5.41, 5.74) is 4.43. The maximum atomic E-state index is 12.9. The predicted molar refractivity (Wildman–Crippen MR) is 143 cm³/mol. The summed E-state index contributed by atoms with van der Waals surface area (Å²) in [4.78, 5) is 29.9. The molecule has 0 aliphatic heterocycles. The largest absolute Gasteiger partial charge is 0.436 e. The third-order valence-corrected chi connectivity index (χ3v) is 6.36. The van der Waals surface area contributed by atoms with Gasteiger partial charge in [-0.25, -0.2) is 9.78 Å². The van der Waals surface area contributed by atoms with Crippen molar-refractivity contribution < 1.29 is 13.6 Å². The van der Waals surface area contributed by atoms with Crippen LogP contribution in [0.5, 0.6) is 0 Å². The van der Waals surface area contributed by atoms with Crippen molar-refractivity contribution in [2.75, 3.05) is 5.32 Å². The normalized spacial score (nSPS) is 11.1. The zero-order valence-corrected chi connectivity index (χ0v) is 20.3. The van der Waals surface area contributed by atoms with Gasteiger partial charge in [-0.15, -0.1) is 0 Å². The number of oxazole rings is 1. The first-order chi connectivity index (χ1) is 17.5. The lowest BCUT2D eigenvalue weighted by Gasteiger charge is -2.07. The molecule has 0 radical (unpaired) electrons. The lowest BCUT2D eigenvalue weighted by Crippen LogP contribution is -2.11. The summed E-state index contributed by atoms with van der Waals surface area (Å²) in [5, 5.41) is 3.73. The molecule has 0 atom stereocenters. The minimum Gasteiger partial charge on any atom is -0.436 e. The standard InChI is InChI=1S/C29H17BrN2O4/c30-21-11-9-19(10-12-21)28-32-24-16-22(13-14-26(24)35-28)31-27(33)18-7-5-17(6-8-18)23-15-20-3-1-2-4-25(20)36-29(23)34/h1-16H,(H,31,33). The maximum Gasteiger partial charge on any atom is 0.344 e. The Kier molecular flexibility index (Phi) is 5.47. The molecular formula is C29H17BrN2O4. The zero-order valence-electron chi connectivity index (χ0n) is 18.7. The molecular weight excluding hydrogens is 520 g/mol. The van der Waals surface area contributed by atoms with Gasteiger partial charge in [-0.1, -0.05) is 46.3 Å². The fourth-order valence-electron chi connectivity index (χ4n) is 3.99. The Bertz CT molecular complexity index is 1800. The number of nitrogens with zero attached hydrogens (tertiary/aromatic N) is 1. The first-order valence-electron chi connectivity index (χ1n) is 11.1. The second-order valence-corrected chi connectivity index (χ2v) is 9.14. The van der Waals surface area contributed by atoms with Crippen LogP contribution in [0, 0.1) is 0 Å². The predicted octanol–water partition coefficient (Wildman–Crippen LogP) is 7.28. The smallest absolute Gasteiger partial charge is 0.344 e. The Morgan fingerprint density at radius 1 is 0.778 bits per heavy atom. The number of hydrogen-bond acceptors (Lipinski definition) is 5. The topological polar surface area (TPSA) is 85.3 Å². The lowest BCUT2D eigenvalue weighted by atomic mass is 10.0. The van der Waals surface area contributed by atoms with Crippen LogP contribution in [-0.4, -0.2) is 10.9 Å². The molecule has 2 heterocycles. The Labute approximate surface area is 213 Å². The van der Waals surface area contributed by atoms with Gasteiger partial charge < -0.3 is 14.2 Å². The van der Waals surface area contributed by atoms with E-state index in [4.69, 9.17) is 8.83 Å². The van der Waals surface area contributed by atoms with Crippen LogP contribution in [0.4, 0.5) is 5.69 Å². The number of hydrogen-bond donors (Lipinski definition) is 1. The zero-order chi connectivity index (χ0) is 24.6. The average Bonchev–Trinajstić information content (AvgIpc) is 3.32. The molecule has 36 heavy (non-hydrogen) atoms. The summed E-state index contributed by atoms with van der Waals surface area (Å²) < 4.78 is 12.3. The molecule has 0 bridgehead atoms. The minimum absolute atomic E-state index is 0.275. The van der Waals surface area contributed by atoms with E-state index in [-0.39, 0.29) is 5.91 Å². The summed E-state index contributed by atoms with van der Waals surface area (Å²) in [6, 6.07) is 29.0. The molecule has 0 saturated heterocycles. The molecule has 0 saturated carbocycles. The van der Waals surface area contributed by atoms with Gasteiger partial charge in [0, 0.05) is 26.7 Å². The molecule has 6 aromatic rings. The van der Waals surface area contributed by atoms with Gasteiger partial charge in [0.25, 0.3) is 5.91 Å². The van der Waals surface area contributed by atoms with Crippen molar-refractivity contribution in [2.24, 2.45) is 0 Å². The Balaban J connectivity index is 1.22. The fourth-order valence-corrected chi connectivity index (χ4v) is 4.25. The van der Waals surface area contributed by atoms with Crippen LogP contribution in [0.15, 0.2) is 115 Å². The highest BCUT2D eigenvalue weighted by molar-refractivity contribution is 9.10. The molecule has 2 aromatic heterocycles. The highest BCUT2D eigenvalue weighted by Gasteiger charge is 2.13. The van der Waals surface area contributed by atoms with Gasteiger partial charge in [0.15, 0.2) is 5.58 Å². The van der Waals surface area contributed by atoms with Gasteiger partial charge in [0.2, 0.25) is 5.89 Å². The van der Waals surface area contributed by atoms with E-state index in [1.54, 1.807) is 54.6 Å². The third-order valence-electron chi connectivity index (χ3n) is 5.84. The summed E-state index contributed by atoms with van der Waals surface area (Å²) in [6.07, 6.45) is 0. The van der Waals surface area contributed by atoms with E-state index in [9.17, 15) is 9.59 Å². The van der Waals surface area contributed by atoms with Gasteiger partial charge >= 0.3 is 5.63 Å². The second-order valence-electron chi connectivity index (χ2n) is 8.23. The average molecular weight is 537 g/mol. The molecule has 174 valence electrons. The van der Waals surface area contributed by atoms with Gasteiger partial charge in [0.05, 0.1) is 5.56 Å². The van der Waals surface area contributed by atoms with Crippen LogP contribution in [0.25, 0.3) is 44.7 Å². The third kappa shape index (κ3) is 4.21. The first-order valence-corrected chi connectivity index (χ1v) is 11.9. The monoisotopic (exact) mass is 536 g/mol. The van der Waals surface area contributed by atoms with E-state index in [1.165, 1.54) is 0 Å². The number of para-hydroxylation sites is 1. The fraction of sp³-hybridized carbons (Fsp3) is 0. The number of fused-ring (bicyclic) bond motifs is 2. The van der Waals surface area contributed by atoms with Crippen LogP contribution in [0.1, 0.15) is 10.4 Å². The number of aromatic nitrogens is 1. The van der Waals surface area contributed by atoms with Gasteiger partial charge in [-0.05, 0) is 72.3 Å². The van der Waals surface area contributed by atoms with Gasteiger partial charge in [-0.2, -0.15) is 0 Å². The van der Waals surface area contributed by atoms with Crippen molar-refractivity contribution in [3.63, 3.8) is 0 Å². The lowest BCUT2D eigenvalue weighted by molar-refractivity contribution is 0.102. The van der Waals surface area contributed by atoms with E-state index >= 15 is 0 Å². The summed E-state index contributed by atoms with van der Waals surface area (Å²) >= 11 is 3.42. The van der Waals surface area contributed by atoms with Crippen LogP contribution >= 0.6 is 15.9 Å². The van der Waals surface area contributed by atoms with Crippen molar-refractivity contribution in [2.45, 2.75) is 0 Å². The van der Waals surface area contributed by atoms with Gasteiger partial charge in [0.1, 0.15) is 11.1 Å². The molecule has 0 aliphatic carbocycles. The van der Waals surface area contributed by atoms with Crippen molar-refractivity contribution in [3.05, 3.63) is 118 Å². The number of rotatable bonds is 4. The molecule has 0 fully saturated rings. The van der Waals surface area contributed by atoms with Crippen molar-refractivity contribution in [3.8, 4) is 22.6 Å². The number of carbonyl (C=O) groups excluding carboxylic acids is 1. The van der Waals surface area contributed by atoms with E-state index in [0.717, 1.165) is 15.4 Å². The highest BCUT2D eigenvalue weighted by Crippen LogP contribution is 2.28. The number of halogens is 1. The quantitative estimate of drug-likeness (QED) is 0.239. The Morgan fingerprint density at radius 3 is 2.33 bits per heavy atom. The van der Waals surface area contributed by atoms with Crippen LogP contribution in [-0.2, 0) is 0 Å². The molecule has 1 amide bonds. The molecule has 4 aromatic carbocycles. The van der Waals surface area contributed by atoms with E-state index in [0.29, 0.717) is 45.0 Å². The summed E-state index contributed by atoms with van der Waals surface area (Å²) in [6.45, 7) is 0. The maximum absolute atomic E-state index is 12.9. The SMILES string of the molecule is O=C(Nc1ccc2oc(-c3ccc(Br)cc3)nc2c1)c1ccc(-c2cc3ccccc3oc2=O)cc1.